The second kappa shape index (κ2) is 5.09. The normalized spacial score (nSPS) is 32.7. The van der Waals surface area contributed by atoms with Crippen LogP contribution in [-0.4, -0.2) is 34.2 Å². The van der Waals surface area contributed by atoms with Crippen LogP contribution in [0.3, 0.4) is 0 Å². The summed E-state index contributed by atoms with van der Waals surface area (Å²) in [5, 5.41) is 7.81. The van der Waals surface area contributed by atoms with Crippen molar-refractivity contribution in [2.75, 3.05) is 18.1 Å². The Morgan fingerprint density at radius 3 is 2.89 bits per heavy atom. The molecule has 1 aromatic rings. The summed E-state index contributed by atoms with van der Waals surface area (Å²) < 4.78 is 5.54. The predicted molar refractivity (Wildman–Crippen MR) is 77.6 cm³/mol. The number of thioether (sulfide) groups is 1. The van der Waals surface area contributed by atoms with Crippen molar-refractivity contribution in [3.8, 4) is 0 Å². The SMILES string of the molecule is CCCNC1CSCC1c1nc(C2CC2(C)C)no1. The van der Waals surface area contributed by atoms with Gasteiger partial charge < -0.3 is 9.84 Å². The van der Waals surface area contributed by atoms with E-state index in [1.54, 1.807) is 0 Å². The smallest absolute Gasteiger partial charge is 0.232 e. The molecule has 19 heavy (non-hydrogen) atoms. The number of hydrogen-bond acceptors (Lipinski definition) is 5. The van der Waals surface area contributed by atoms with Gasteiger partial charge in [-0.05, 0) is 24.8 Å². The molecule has 3 rings (SSSR count). The number of hydrogen-bond donors (Lipinski definition) is 1. The molecule has 0 bridgehead atoms. The Hall–Kier alpha value is -0.550. The van der Waals surface area contributed by atoms with E-state index in [1.807, 2.05) is 11.8 Å². The summed E-state index contributed by atoms with van der Waals surface area (Å²) in [7, 11) is 0. The molecule has 106 valence electrons. The molecule has 5 heteroatoms. The molecule has 4 nitrogen and oxygen atoms in total. The fourth-order valence-electron chi connectivity index (χ4n) is 2.78. The van der Waals surface area contributed by atoms with E-state index < -0.39 is 0 Å². The summed E-state index contributed by atoms with van der Waals surface area (Å²) in [4.78, 5) is 4.68. The van der Waals surface area contributed by atoms with Crippen LogP contribution in [-0.2, 0) is 0 Å². The Labute approximate surface area is 119 Å². The van der Waals surface area contributed by atoms with E-state index in [4.69, 9.17) is 4.52 Å². The zero-order valence-electron chi connectivity index (χ0n) is 12.0. The van der Waals surface area contributed by atoms with Crippen LogP contribution in [0.4, 0.5) is 0 Å². The molecule has 2 heterocycles. The molecule has 1 saturated carbocycles. The lowest BCUT2D eigenvalue weighted by molar-refractivity contribution is 0.335. The molecule has 3 unspecified atom stereocenters. The van der Waals surface area contributed by atoms with E-state index in [9.17, 15) is 0 Å². The molecular weight excluding hydrogens is 258 g/mol. The largest absolute Gasteiger partial charge is 0.339 e. The van der Waals surface area contributed by atoms with E-state index in [2.05, 4.69) is 36.2 Å². The zero-order valence-corrected chi connectivity index (χ0v) is 12.8. The third-order valence-electron chi connectivity index (χ3n) is 4.34. The topological polar surface area (TPSA) is 51.0 Å². The first kappa shape index (κ1) is 13.4. The molecule has 0 aromatic carbocycles. The lowest BCUT2D eigenvalue weighted by Crippen LogP contribution is -2.34. The maximum Gasteiger partial charge on any atom is 0.232 e. The first-order valence-corrected chi connectivity index (χ1v) is 8.42. The predicted octanol–water partition coefficient (Wildman–Crippen LogP) is 2.78. The van der Waals surface area contributed by atoms with Crippen molar-refractivity contribution in [2.45, 2.75) is 51.5 Å². The monoisotopic (exact) mass is 281 g/mol. The van der Waals surface area contributed by atoms with Gasteiger partial charge in [-0.1, -0.05) is 25.9 Å². The van der Waals surface area contributed by atoms with Gasteiger partial charge in [-0.15, -0.1) is 0 Å². The Balaban J connectivity index is 1.68. The van der Waals surface area contributed by atoms with Crippen LogP contribution in [0.25, 0.3) is 0 Å². The number of nitrogens with one attached hydrogen (secondary N) is 1. The van der Waals surface area contributed by atoms with Crippen LogP contribution >= 0.6 is 11.8 Å². The Kier molecular flexibility index (Phi) is 3.60. The number of rotatable bonds is 5. The molecule has 1 aromatic heterocycles. The van der Waals surface area contributed by atoms with Crippen LogP contribution in [0.5, 0.6) is 0 Å². The zero-order chi connectivity index (χ0) is 13.5. The highest BCUT2D eigenvalue weighted by Crippen LogP contribution is 2.57. The van der Waals surface area contributed by atoms with Crippen molar-refractivity contribution in [2.24, 2.45) is 5.41 Å². The Bertz CT molecular complexity index is 446. The van der Waals surface area contributed by atoms with Gasteiger partial charge >= 0.3 is 0 Å². The molecule has 3 atom stereocenters. The second-order valence-corrected chi connectivity index (χ2v) is 7.52. The Morgan fingerprint density at radius 1 is 1.42 bits per heavy atom. The summed E-state index contributed by atoms with van der Waals surface area (Å²) in [6.07, 6.45) is 2.35. The lowest BCUT2D eigenvalue weighted by atomic mass is 10.0. The summed E-state index contributed by atoms with van der Waals surface area (Å²) in [5.74, 6) is 4.90. The highest BCUT2D eigenvalue weighted by atomic mass is 32.2. The minimum Gasteiger partial charge on any atom is -0.339 e. The van der Waals surface area contributed by atoms with Crippen molar-refractivity contribution < 1.29 is 4.52 Å². The van der Waals surface area contributed by atoms with Gasteiger partial charge in [0.15, 0.2) is 5.82 Å². The summed E-state index contributed by atoms with van der Waals surface area (Å²) in [6.45, 7) is 7.80. The standard InChI is InChI=1S/C14H23N3OS/c1-4-5-15-11-8-19-7-9(11)13-16-12(17-18-13)10-6-14(10,2)3/h9-11,15H,4-8H2,1-3H3. The molecule has 0 radical (unpaired) electrons. The third-order valence-corrected chi connectivity index (χ3v) is 5.53. The molecular formula is C14H23N3OS. The van der Waals surface area contributed by atoms with Crippen molar-refractivity contribution in [1.82, 2.24) is 15.5 Å². The summed E-state index contributed by atoms with van der Waals surface area (Å²) >= 11 is 1.98. The van der Waals surface area contributed by atoms with Gasteiger partial charge in [0.1, 0.15) is 0 Å². The van der Waals surface area contributed by atoms with E-state index in [0.717, 1.165) is 29.8 Å². The molecule has 1 aliphatic heterocycles. The maximum absolute atomic E-state index is 5.54. The van der Waals surface area contributed by atoms with Crippen LogP contribution in [0.15, 0.2) is 4.52 Å². The Morgan fingerprint density at radius 2 is 2.21 bits per heavy atom. The molecule has 1 N–H and O–H groups in total. The molecule has 2 fully saturated rings. The van der Waals surface area contributed by atoms with Crippen LogP contribution in [0, 0.1) is 5.41 Å². The molecule has 0 amide bonds. The number of aromatic nitrogens is 2. The van der Waals surface area contributed by atoms with E-state index in [-0.39, 0.29) is 0 Å². The fraction of sp³-hybridized carbons (Fsp3) is 0.857. The highest BCUT2D eigenvalue weighted by molar-refractivity contribution is 7.99. The van der Waals surface area contributed by atoms with Crippen molar-refractivity contribution >= 4 is 11.8 Å². The minimum absolute atomic E-state index is 0.366. The van der Waals surface area contributed by atoms with Gasteiger partial charge in [-0.25, -0.2) is 0 Å². The third kappa shape index (κ3) is 2.68. The summed E-state index contributed by atoms with van der Waals surface area (Å²) in [6, 6.07) is 0.491. The van der Waals surface area contributed by atoms with Crippen molar-refractivity contribution in [3.63, 3.8) is 0 Å². The van der Waals surface area contributed by atoms with Gasteiger partial charge in [0.25, 0.3) is 0 Å². The van der Waals surface area contributed by atoms with E-state index in [0.29, 0.717) is 23.3 Å². The highest BCUT2D eigenvalue weighted by Gasteiger charge is 2.50. The molecule has 1 saturated heterocycles. The second-order valence-electron chi connectivity index (χ2n) is 6.44. The van der Waals surface area contributed by atoms with Crippen molar-refractivity contribution in [1.29, 1.82) is 0 Å². The maximum atomic E-state index is 5.54. The van der Waals surface area contributed by atoms with Crippen LogP contribution < -0.4 is 5.32 Å². The van der Waals surface area contributed by atoms with Gasteiger partial charge in [0.05, 0.1) is 5.92 Å². The first-order chi connectivity index (χ1) is 9.12. The van der Waals surface area contributed by atoms with Gasteiger partial charge in [0, 0.05) is 23.5 Å². The van der Waals surface area contributed by atoms with Crippen LogP contribution in [0.2, 0.25) is 0 Å². The fourth-order valence-corrected chi connectivity index (χ4v) is 4.14. The van der Waals surface area contributed by atoms with E-state index >= 15 is 0 Å². The molecule has 1 aliphatic carbocycles. The van der Waals surface area contributed by atoms with Gasteiger partial charge in [0.2, 0.25) is 5.89 Å². The van der Waals surface area contributed by atoms with E-state index in [1.165, 1.54) is 12.8 Å². The molecule has 0 spiro atoms. The first-order valence-electron chi connectivity index (χ1n) is 7.26. The molecule has 2 aliphatic rings. The quantitative estimate of drug-likeness (QED) is 0.899. The number of nitrogens with zero attached hydrogens (tertiary/aromatic N) is 2. The van der Waals surface area contributed by atoms with Gasteiger partial charge in [-0.2, -0.15) is 16.7 Å². The minimum atomic E-state index is 0.366. The van der Waals surface area contributed by atoms with Gasteiger partial charge in [-0.3, -0.25) is 0 Å². The average molecular weight is 281 g/mol. The van der Waals surface area contributed by atoms with Crippen LogP contribution in [0.1, 0.15) is 57.2 Å². The lowest BCUT2D eigenvalue weighted by Gasteiger charge is -2.16. The average Bonchev–Trinajstić information content (AvgIpc) is 2.82. The summed E-state index contributed by atoms with van der Waals surface area (Å²) in [5.41, 5.74) is 0.366. The van der Waals surface area contributed by atoms with Crippen molar-refractivity contribution in [3.05, 3.63) is 11.7 Å².